The van der Waals surface area contributed by atoms with Gasteiger partial charge >= 0.3 is 18.0 Å². The van der Waals surface area contributed by atoms with Gasteiger partial charge in [0.05, 0.1) is 62.8 Å². The van der Waals surface area contributed by atoms with Crippen molar-refractivity contribution in [3.8, 4) is 40.2 Å². The molecule has 3 N–H and O–H groups in total. The van der Waals surface area contributed by atoms with Gasteiger partial charge in [-0.05, 0) is 79.3 Å². The van der Waals surface area contributed by atoms with Crippen LogP contribution in [0.15, 0.2) is 60.7 Å². The Bertz CT molecular complexity index is 2450. The zero-order valence-corrected chi connectivity index (χ0v) is 41.1. The summed E-state index contributed by atoms with van der Waals surface area (Å²) in [7, 11) is 2.65. The molecule has 4 aromatic rings. The van der Waals surface area contributed by atoms with Crippen molar-refractivity contribution in [3.05, 3.63) is 99.6 Å². The van der Waals surface area contributed by atoms with E-state index in [1.807, 2.05) is 41.5 Å². The maximum atomic E-state index is 13.4. The number of carboxylic acid groups (broad SMARTS) is 1. The molecule has 0 saturated heterocycles. The Labute approximate surface area is 403 Å². The van der Waals surface area contributed by atoms with E-state index in [0.717, 1.165) is 0 Å². The highest BCUT2D eigenvalue weighted by Gasteiger charge is 2.25. The van der Waals surface area contributed by atoms with E-state index in [1.165, 1.54) is 55.5 Å². The zero-order chi connectivity index (χ0) is 51.1. The molecule has 374 valence electrons. The van der Waals surface area contributed by atoms with Crippen molar-refractivity contribution in [2.45, 2.75) is 74.8 Å². The summed E-state index contributed by atoms with van der Waals surface area (Å²) in [6.45, 7) is 15.0. The van der Waals surface area contributed by atoms with Gasteiger partial charge in [0.25, 0.3) is 0 Å². The lowest BCUT2D eigenvalue weighted by atomic mass is 9.87. The van der Waals surface area contributed by atoms with Crippen LogP contribution in [0.4, 0.5) is 4.79 Å². The number of benzene rings is 4. The molecule has 0 heterocycles. The number of nitrogens with zero attached hydrogens (tertiary/aromatic N) is 1. The third kappa shape index (κ3) is 16.1. The van der Waals surface area contributed by atoms with Crippen molar-refractivity contribution in [3.63, 3.8) is 0 Å². The van der Waals surface area contributed by atoms with Gasteiger partial charge < -0.3 is 58.1 Å². The van der Waals surface area contributed by atoms with Gasteiger partial charge in [0.15, 0.2) is 23.1 Å². The highest BCUT2D eigenvalue weighted by atomic mass is 16.6. The molecule has 0 saturated carbocycles. The monoisotopic (exact) mass is 959 g/mol. The Hall–Kier alpha value is -7.01. The maximum Gasteiger partial charge on any atom is 0.409 e. The largest absolute Gasteiger partial charge is 0.507 e. The Morgan fingerprint density at radius 2 is 1.07 bits per heavy atom. The molecule has 0 aromatic heterocycles. The Morgan fingerprint density at radius 3 is 1.57 bits per heavy atom. The first kappa shape index (κ1) is 54.6. The molecular weight excluding hydrogens is 895 g/mol. The molecule has 0 bridgehead atoms. The first-order valence-electron chi connectivity index (χ1n) is 22.4. The van der Waals surface area contributed by atoms with Crippen molar-refractivity contribution >= 4 is 29.6 Å². The van der Waals surface area contributed by atoms with Crippen LogP contribution in [0.5, 0.6) is 40.2 Å². The van der Waals surface area contributed by atoms with Crippen molar-refractivity contribution < 1.29 is 77.2 Å². The fraction of sp³-hybridized carbons (Fsp3) is 0.442. The Kier molecular flexibility index (Phi) is 19.7. The second-order valence-electron chi connectivity index (χ2n) is 18.5. The summed E-state index contributed by atoms with van der Waals surface area (Å²) in [6.07, 6.45) is -0.115. The molecule has 0 aliphatic rings. The van der Waals surface area contributed by atoms with E-state index in [4.69, 9.17) is 37.9 Å². The van der Waals surface area contributed by atoms with Crippen LogP contribution >= 0.6 is 0 Å². The predicted molar refractivity (Wildman–Crippen MR) is 255 cm³/mol. The topological polar surface area (TPSA) is 223 Å². The lowest BCUT2D eigenvalue weighted by Crippen LogP contribution is -2.37. The number of carbonyl (C=O) groups excluding carboxylic acids is 4. The second kappa shape index (κ2) is 24.8. The van der Waals surface area contributed by atoms with Crippen LogP contribution in [-0.4, -0.2) is 117 Å². The highest BCUT2D eigenvalue weighted by molar-refractivity contribution is 6.00. The van der Waals surface area contributed by atoms with Crippen molar-refractivity contribution in [2.75, 3.05) is 67.0 Å². The molecule has 0 aliphatic heterocycles. The molecule has 4 aromatic carbocycles. The third-order valence-corrected chi connectivity index (χ3v) is 10.5. The van der Waals surface area contributed by atoms with Crippen molar-refractivity contribution in [2.24, 2.45) is 10.8 Å². The summed E-state index contributed by atoms with van der Waals surface area (Å²) in [5, 5.41) is 31.4. The quantitative estimate of drug-likeness (QED) is 0.0320. The third-order valence-electron chi connectivity index (χ3n) is 10.5. The number of aromatic hydroxyl groups is 2. The minimum Gasteiger partial charge on any atom is -0.507 e. The lowest BCUT2D eigenvalue weighted by molar-refractivity contribution is 0.0456. The van der Waals surface area contributed by atoms with E-state index in [1.54, 1.807) is 38.1 Å². The smallest absolute Gasteiger partial charge is 0.409 e. The number of hydrogen-bond acceptors (Lipinski definition) is 15. The van der Waals surface area contributed by atoms with Crippen LogP contribution in [0.1, 0.15) is 113 Å². The van der Waals surface area contributed by atoms with Gasteiger partial charge in [-0.15, -0.1) is 0 Å². The molecule has 0 fully saturated rings. The number of hydrogen-bond donors (Lipinski definition) is 3. The van der Waals surface area contributed by atoms with E-state index < -0.39 is 24.6 Å². The first-order valence-corrected chi connectivity index (χ1v) is 22.4. The van der Waals surface area contributed by atoms with Crippen molar-refractivity contribution in [1.82, 2.24) is 4.90 Å². The number of methoxy groups -OCH3 is 2. The molecule has 0 spiro atoms. The molecular formula is C52H65NO16. The van der Waals surface area contributed by atoms with Crippen LogP contribution < -0.4 is 23.7 Å². The molecule has 0 atom stereocenters. The molecule has 4 rings (SSSR count). The van der Waals surface area contributed by atoms with Crippen LogP contribution in [-0.2, 0) is 20.8 Å². The molecule has 0 unspecified atom stereocenters. The molecule has 17 heteroatoms. The fourth-order valence-electron chi connectivity index (χ4n) is 6.95. The number of esters is 1. The summed E-state index contributed by atoms with van der Waals surface area (Å²) in [5.41, 5.74) is 0.846. The Balaban J connectivity index is 1.30. The normalized spacial score (nSPS) is 11.3. The molecule has 1 amide bonds. The van der Waals surface area contributed by atoms with Gasteiger partial charge in [0.1, 0.15) is 61.8 Å². The van der Waals surface area contributed by atoms with E-state index in [2.05, 4.69) is 0 Å². The number of phenols is 2. The van der Waals surface area contributed by atoms with E-state index in [0.29, 0.717) is 22.6 Å². The van der Waals surface area contributed by atoms with Gasteiger partial charge in [0, 0.05) is 29.5 Å². The summed E-state index contributed by atoms with van der Waals surface area (Å²) in [4.78, 5) is 65.0. The number of phenolic OH excluding ortho intramolecular Hbond substituents is 2. The first-order chi connectivity index (χ1) is 32.5. The van der Waals surface area contributed by atoms with E-state index in [9.17, 15) is 39.3 Å². The second-order valence-corrected chi connectivity index (χ2v) is 18.5. The number of rotatable bonds is 25. The number of Topliss-reactive ketones (excluding diaryl/α,β-unsaturated/α-hetero) is 2. The molecule has 69 heavy (non-hydrogen) atoms. The summed E-state index contributed by atoms with van der Waals surface area (Å²) >= 11 is 0. The lowest BCUT2D eigenvalue weighted by Gasteiger charge is -2.22. The SMILES string of the molecule is COC(=O)N(CCOc1cc(C(=O)OCc2c(OCCOCCOc3ccc(C(=O)CC(C)(C)C)c(O)c3C)cccc2C(=O)O)ccc1OC)CCOc1ccc(C(=O)CC(C)(C)C)c(O)c1C. The van der Waals surface area contributed by atoms with Gasteiger partial charge in [-0.3, -0.25) is 9.59 Å². The molecule has 17 nitrogen and oxygen atoms in total. The van der Waals surface area contributed by atoms with Crippen LogP contribution in [0.25, 0.3) is 0 Å². The van der Waals surface area contributed by atoms with E-state index in [-0.39, 0.29) is 145 Å². The average molecular weight is 960 g/mol. The van der Waals surface area contributed by atoms with Crippen LogP contribution in [0.2, 0.25) is 0 Å². The van der Waals surface area contributed by atoms with Gasteiger partial charge in [-0.25, -0.2) is 14.4 Å². The number of aromatic carboxylic acids is 1. The minimum atomic E-state index is -1.26. The van der Waals surface area contributed by atoms with Gasteiger partial charge in [-0.1, -0.05) is 47.6 Å². The highest BCUT2D eigenvalue weighted by Crippen LogP contribution is 2.35. The number of carboxylic acids is 1. The van der Waals surface area contributed by atoms with Gasteiger partial charge in [-0.2, -0.15) is 0 Å². The number of ether oxygens (including phenoxy) is 8. The molecule has 0 radical (unpaired) electrons. The summed E-state index contributed by atoms with van der Waals surface area (Å²) in [6, 6.07) is 15.1. The van der Waals surface area contributed by atoms with E-state index >= 15 is 0 Å². The van der Waals surface area contributed by atoms with Gasteiger partial charge in [0.2, 0.25) is 0 Å². The van der Waals surface area contributed by atoms with Crippen LogP contribution in [0.3, 0.4) is 0 Å². The number of amides is 1. The number of carbonyl (C=O) groups is 5. The van der Waals surface area contributed by atoms with Crippen molar-refractivity contribution in [1.29, 1.82) is 0 Å². The predicted octanol–water partition coefficient (Wildman–Crippen LogP) is 9.02. The fourth-order valence-corrected chi connectivity index (χ4v) is 6.95. The Morgan fingerprint density at radius 1 is 0.580 bits per heavy atom. The summed E-state index contributed by atoms with van der Waals surface area (Å²) in [5.74, 6) is -1.30. The maximum absolute atomic E-state index is 13.4. The standard InChI is InChI=1S/C52H65NO16/c1-32-41(18-15-36(46(32)56)39(54)29-51(3,4)5)65-22-20-53(50(61)63-10)21-23-66-45-28-34(14-17-44(45)62-9)49(60)69-31-38-35(48(58)59)12-11-13-43(38)68-27-25-64-24-26-67-42-19-16-37(47(57)33(42)2)40(55)30-52(6,7)8/h11-19,28,56-57H,20-27,29-31H2,1-10H3,(H,58,59). The minimum absolute atomic E-state index is 0.0176. The molecule has 0 aliphatic carbocycles. The van der Waals surface area contributed by atoms with Crippen LogP contribution in [0, 0.1) is 24.7 Å². The number of ketones is 2. The average Bonchev–Trinajstić information content (AvgIpc) is 3.28. The zero-order valence-electron chi connectivity index (χ0n) is 41.1. The summed E-state index contributed by atoms with van der Waals surface area (Å²) < 4.78 is 45.1.